The van der Waals surface area contributed by atoms with Crippen LogP contribution < -0.4 is 5.73 Å². The van der Waals surface area contributed by atoms with Crippen molar-refractivity contribution >= 4 is 15.9 Å². The summed E-state index contributed by atoms with van der Waals surface area (Å²) in [5.41, 5.74) is 5.28. The van der Waals surface area contributed by atoms with Gasteiger partial charge in [0.25, 0.3) is 0 Å². The van der Waals surface area contributed by atoms with Crippen molar-refractivity contribution in [3.05, 3.63) is 46.1 Å². The van der Waals surface area contributed by atoms with Crippen LogP contribution in [-0.4, -0.2) is 0 Å². The lowest BCUT2D eigenvalue weighted by atomic mass is 10.1. The van der Waals surface area contributed by atoms with E-state index in [0.29, 0.717) is 17.1 Å². The SMILES string of the molecule is CC(N)c1ccc(-c2ccc(Br)c(C(F)(F)F)c2)o1. The van der Waals surface area contributed by atoms with E-state index in [1.165, 1.54) is 6.07 Å². The average Bonchev–Trinajstić information content (AvgIpc) is 2.77. The number of hydrogen-bond acceptors (Lipinski definition) is 2. The summed E-state index contributed by atoms with van der Waals surface area (Å²) in [7, 11) is 0. The van der Waals surface area contributed by atoms with Gasteiger partial charge in [-0.1, -0.05) is 22.0 Å². The van der Waals surface area contributed by atoms with Crippen molar-refractivity contribution in [2.75, 3.05) is 0 Å². The molecule has 2 N–H and O–H groups in total. The molecule has 0 bridgehead atoms. The molecule has 0 aliphatic rings. The van der Waals surface area contributed by atoms with Gasteiger partial charge in [-0.15, -0.1) is 0 Å². The number of benzene rings is 1. The summed E-state index contributed by atoms with van der Waals surface area (Å²) < 4.78 is 43.8. The molecule has 0 spiro atoms. The van der Waals surface area contributed by atoms with Gasteiger partial charge in [-0.2, -0.15) is 13.2 Å². The first-order valence-corrected chi connectivity index (χ1v) is 6.31. The van der Waals surface area contributed by atoms with Crippen LogP contribution in [0.2, 0.25) is 0 Å². The van der Waals surface area contributed by atoms with E-state index in [2.05, 4.69) is 15.9 Å². The number of furan rings is 1. The average molecular weight is 334 g/mol. The molecule has 1 aromatic carbocycles. The van der Waals surface area contributed by atoms with Gasteiger partial charge in [-0.25, -0.2) is 0 Å². The normalized spacial score (nSPS) is 13.6. The zero-order valence-corrected chi connectivity index (χ0v) is 11.5. The topological polar surface area (TPSA) is 39.2 Å². The highest BCUT2D eigenvalue weighted by Gasteiger charge is 2.33. The second kappa shape index (κ2) is 5.02. The standard InChI is InChI=1S/C13H11BrF3NO/c1-7(18)11-4-5-12(19-11)8-2-3-10(14)9(6-8)13(15,16)17/h2-7H,18H2,1H3. The molecule has 1 unspecified atom stereocenters. The first-order chi connectivity index (χ1) is 8.79. The summed E-state index contributed by atoms with van der Waals surface area (Å²) in [5, 5.41) is 0. The van der Waals surface area contributed by atoms with E-state index >= 15 is 0 Å². The lowest BCUT2D eigenvalue weighted by Crippen LogP contribution is -2.06. The van der Waals surface area contributed by atoms with Crippen molar-refractivity contribution in [2.45, 2.75) is 19.1 Å². The Labute approximate surface area is 116 Å². The van der Waals surface area contributed by atoms with Crippen LogP contribution in [0.1, 0.15) is 24.3 Å². The van der Waals surface area contributed by atoms with Gasteiger partial charge >= 0.3 is 6.18 Å². The van der Waals surface area contributed by atoms with E-state index in [1.54, 1.807) is 25.1 Å². The Bertz CT molecular complexity index is 590. The van der Waals surface area contributed by atoms with Crippen molar-refractivity contribution in [1.82, 2.24) is 0 Å². The zero-order chi connectivity index (χ0) is 14.2. The monoisotopic (exact) mass is 333 g/mol. The maximum absolute atomic E-state index is 12.8. The predicted octanol–water partition coefficient (Wildman–Crippen LogP) is 4.75. The second-order valence-corrected chi connectivity index (χ2v) is 5.04. The Morgan fingerprint density at radius 1 is 1.21 bits per heavy atom. The fourth-order valence-electron chi connectivity index (χ4n) is 1.65. The molecule has 0 aliphatic carbocycles. The number of nitrogens with two attached hydrogens (primary N) is 1. The molecule has 0 fully saturated rings. The Kier molecular flexibility index (Phi) is 3.73. The van der Waals surface area contributed by atoms with Gasteiger partial charge in [0.05, 0.1) is 11.6 Å². The van der Waals surface area contributed by atoms with Crippen molar-refractivity contribution in [3.63, 3.8) is 0 Å². The van der Waals surface area contributed by atoms with Crippen LogP contribution >= 0.6 is 15.9 Å². The first kappa shape index (κ1) is 14.1. The zero-order valence-electron chi connectivity index (χ0n) is 9.96. The third-order valence-electron chi connectivity index (χ3n) is 2.63. The summed E-state index contributed by atoms with van der Waals surface area (Å²) >= 11 is 2.90. The third kappa shape index (κ3) is 3.01. The van der Waals surface area contributed by atoms with Crippen LogP contribution in [0.4, 0.5) is 13.2 Å². The van der Waals surface area contributed by atoms with Crippen LogP contribution in [0.25, 0.3) is 11.3 Å². The fourth-order valence-corrected chi connectivity index (χ4v) is 2.12. The van der Waals surface area contributed by atoms with Crippen LogP contribution in [-0.2, 0) is 6.18 Å². The van der Waals surface area contributed by atoms with Gasteiger partial charge in [0.2, 0.25) is 0 Å². The molecule has 0 saturated carbocycles. The molecule has 0 aliphatic heterocycles. The molecule has 19 heavy (non-hydrogen) atoms. The maximum Gasteiger partial charge on any atom is 0.417 e. The molecule has 2 nitrogen and oxygen atoms in total. The smallest absolute Gasteiger partial charge is 0.417 e. The highest BCUT2D eigenvalue weighted by Crippen LogP contribution is 2.37. The summed E-state index contributed by atoms with van der Waals surface area (Å²) in [5.74, 6) is 0.900. The quantitative estimate of drug-likeness (QED) is 0.861. The van der Waals surface area contributed by atoms with E-state index in [4.69, 9.17) is 10.2 Å². The minimum atomic E-state index is -4.41. The first-order valence-electron chi connectivity index (χ1n) is 5.51. The third-order valence-corrected chi connectivity index (χ3v) is 3.32. The summed E-state index contributed by atoms with van der Waals surface area (Å²) in [6, 6.07) is 6.94. The van der Waals surface area contributed by atoms with Gasteiger partial charge < -0.3 is 10.2 Å². The van der Waals surface area contributed by atoms with E-state index in [1.807, 2.05) is 0 Å². The van der Waals surface area contributed by atoms with Gasteiger partial charge in [-0.3, -0.25) is 0 Å². The largest absolute Gasteiger partial charge is 0.459 e. The minimum absolute atomic E-state index is 0.00252. The van der Waals surface area contributed by atoms with E-state index in [0.717, 1.165) is 6.07 Å². The Morgan fingerprint density at radius 3 is 2.42 bits per heavy atom. The Hall–Kier alpha value is -1.27. The highest BCUT2D eigenvalue weighted by molar-refractivity contribution is 9.10. The molecule has 1 heterocycles. The molecule has 0 amide bonds. The summed E-state index contributed by atoms with van der Waals surface area (Å²) in [6.07, 6.45) is -4.41. The van der Waals surface area contributed by atoms with Crippen LogP contribution in [0.5, 0.6) is 0 Å². The fraction of sp³-hybridized carbons (Fsp3) is 0.231. The number of alkyl halides is 3. The lowest BCUT2D eigenvalue weighted by Gasteiger charge is -2.10. The molecular formula is C13H11BrF3NO. The lowest BCUT2D eigenvalue weighted by molar-refractivity contribution is -0.138. The van der Waals surface area contributed by atoms with Crippen LogP contribution in [0, 0.1) is 0 Å². The summed E-state index contributed by atoms with van der Waals surface area (Å²) in [6.45, 7) is 1.74. The maximum atomic E-state index is 12.8. The molecule has 2 rings (SSSR count). The van der Waals surface area contributed by atoms with Crippen molar-refractivity contribution in [3.8, 4) is 11.3 Å². The molecule has 102 valence electrons. The molecule has 1 aromatic heterocycles. The Morgan fingerprint density at radius 2 is 1.89 bits per heavy atom. The number of halogens is 4. The molecule has 1 atom stereocenters. The molecule has 0 radical (unpaired) electrons. The van der Waals surface area contributed by atoms with Crippen LogP contribution in [0.3, 0.4) is 0 Å². The minimum Gasteiger partial charge on any atom is -0.459 e. The second-order valence-electron chi connectivity index (χ2n) is 4.18. The van der Waals surface area contributed by atoms with Crippen molar-refractivity contribution in [2.24, 2.45) is 5.73 Å². The van der Waals surface area contributed by atoms with Gasteiger partial charge in [-0.05, 0) is 31.2 Å². The van der Waals surface area contributed by atoms with E-state index in [-0.39, 0.29) is 10.5 Å². The van der Waals surface area contributed by atoms with Crippen molar-refractivity contribution < 1.29 is 17.6 Å². The van der Waals surface area contributed by atoms with Crippen molar-refractivity contribution in [1.29, 1.82) is 0 Å². The van der Waals surface area contributed by atoms with E-state index < -0.39 is 11.7 Å². The molecular weight excluding hydrogens is 323 g/mol. The van der Waals surface area contributed by atoms with Gasteiger partial charge in [0.15, 0.2) is 0 Å². The predicted molar refractivity (Wildman–Crippen MR) is 69.4 cm³/mol. The molecule has 0 saturated heterocycles. The number of hydrogen-bond donors (Lipinski definition) is 1. The Balaban J connectivity index is 2.45. The molecule has 6 heteroatoms. The number of rotatable bonds is 2. The highest BCUT2D eigenvalue weighted by atomic mass is 79.9. The van der Waals surface area contributed by atoms with Gasteiger partial charge in [0, 0.05) is 10.0 Å². The van der Waals surface area contributed by atoms with Gasteiger partial charge in [0.1, 0.15) is 11.5 Å². The van der Waals surface area contributed by atoms with Crippen LogP contribution in [0.15, 0.2) is 39.2 Å². The molecule has 2 aromatic rings. The van der Waals surface area contributed by atoms with E-state index in [9.17, 15) is 13.2 Å². The summed E-state index contributed by atoms with van der Waals surface area (Å²) in [4.78, 5) is 0.